The van der Waals surface area contributed by atoms with Crippen molar-refractivity contribution in [2.75, 3.05) is 39.6 Å². The Bertz CT molecular complexity index is 339. The van der Waals surface area contributed by atoms with Crippen LogP contribution in [0.15, 0.2) is 0 Å². The standard InChI is InChI=1S/C10H19NO5S/c12-7-9-8-16-6-3-11(9)17(13,14)10-1-4-15-5-2-10/h9-10,12H,1-8H2. The van der Waals surface area contributed by atoms with Crippen LogP contribution in [0.25, 0.3) is 0 Å². The molecule has 1 N–H and O–H groups in total. The van der Waals surface area contributed by atoms with Gasteiger partial charge in [-0.05, 0) is 12.8 Å². The molecule has 2 saturated heterocycles. The van der Waals surface area contributed by atoms with Crippen molar-refractivity contribution in [2.45, 2.75) is 24.1 Å². The first kappa shape index (κ1) is 13.2. The highest BCUT2D eigenvalue weighted by molar-refractivity contribution is 7.89. The Morgan fingerprint density at radius 2 is 1.88 bits per heavy atom. The van der Waals surface area contributed by atoms with Crippen molar-refractivity contribution in [2.24, 2.45) is 0 Å². The lowest BCUT2D eigenvalue weighted by Gasteiger charge is -2.36. The molecule has 2 rings (SSSR count). The fourth-order valence-electron chi connectivity index (χ4n) is 2.28. The highest BCUT2D eigenvalue weighted by Crippen LogP contribution is 2.23. The number of hydrogen-bond acceptors (Lipinski definition) is 5. The Morgan fingerprint density at radius 3 is 2.53 bits per heavy atom. The van der Waals surface area contributed by atoms with E-state index in [4.69, 9.17) is 9.47 Å². The summed E-state index contributed by atoms with van der Waals surface area (Å²) in [6.45, 7) is 1.82. The van der Waals surface area contributed by atoms with Crippen LogP contribution in [0, 0.1) is 0 Å². The summed E-state index contributed by atoms with van der Waals surface area (Å²) in [5.41, 5.74) is 0. The monoisotopic (exact) mass is 265 g/mol. The predicted molar refractivity (Wildman–Crippen MR) is 61.2 cm³/mol. The lowest BCUT2D eigenvalue weighted by molar-refractivity contribution is 0.00947. The van der Waals surface area contributed by atoms with Gasteiger partial charge in [-0.2, -0.15) is 4.31 Å². The highest BCUT2D eigenvalue weighted by atomic mass is 32.2. The summed E-state index contributed by atoms with van der Waals surface area (Å²) in [4.78, 5) is 0. The largest absolute Gasteiger partial charge is 0.395 e. The van der Waals surface area contributed by atoms with Crippen LogP contribution < -0.4 is 0 Å². The van der Waals surface area contributed by atoms with Crippen molar-refractivity contribution in [3.05, 3.63) is 0 Å². The van der Waals surface area contributed by atoms with E-state index in [1.54, 1.807) is 0 Å². The van der Waals surface area contributed by atoms with Crippen molar-refractivity contribution in [3.63, 3.8) is 0 Å². The maximum Gasteiger partial charge on any atom is 0.217 e. The average Bonchev–Trinajstić information content (AvgIpc) is 2.39. The molecule has 2 heterocycles. The summed E-state index contributed by atoms with van der Waals surface area (Å²) < 4.78 is 36.6. The summed E-state index contributed by atoms with van der Waals surface area (Å²) in [6, 6.07) is -0.434. The van der Waals surface area contributed by atoms with Gasteiger partial charge in [-0.3, -0.25) is 0 Å². The van der Waals surface area contributed by atoms with Crippen molar-refractivity contribution < 1.29 is 23.0 Å². The summed E-state index contributed by atoms with van der Waals surface area (Å²) in [5, 5.41) is 8.84. The lowest BCUT2D eigenvalue weighted by atomic mass is 10.2. The Balaban J connectivity index is 2.11. The molecule has 0 aromatic carbocycles. The topological polar surface area (TPSA) is 76.1 Å². The van der Waals surface area contributed by atoms with Crippen LogP contribution in [0.3, 0.4) is 0 Å². The van der Waals surface area contributed by atoms with E-state index in [1.165, 1.54) is 4.31 Å². The van der Waals surface area contributed by atoms with Crippen LogP contribution in [0.5, 0.6) is 0 Å². The first-order valence-electron chi connectivity index (χ1n) is 5.93. The molecule has 100 valence electrons. The molecule has 0 amide bonds. The van der Waals surface area contributed by atoms with E-state index < -0.39 is 16.1 Å². The van der Waals surface area contributed by atoms with E-state index in [9.17, 15) is 13.5 Å². The molecule has 0 radical (unpaired) electrons. The smallest absolute Gasteiger partial charge is 0.217 e. The third-order valence-corrected chi connectivity index (χ3v) is 5.75. The second-order valence-electron chi connectivity index (χ2n) is 4.38. The SMILES string of the molecule is O=S(=O)(C1CCOCC1)N1CCOCC1CO. The summed E-state index contributed by atoms with van der Waals surface area (Å²) in [5.74, 6) is 0. The van der Waals surface area contributed by atoms with Crippen LogP contribution in [0.2, 0.25) is 0 Å². The third kappa shape index (κ3) is 2.79. The third-order valence-electron chi connectivity index (χ3n) is 3.30. The Morgan fingerprint density at radius 1 is 1.18 bits per heavy atom. The molecule has 7 heteroatoms. The van der Waals surface area contributed by atoms with Crippen molar-refractivity contribution in [3.8, 4) is 0 Å². The zero-order valence-electron chi connectivity index (χ0n) is 9.75. The van der Waals surface area contributed by atoms with Gasteiger partial charge < -0.3 is 14.6 Å². The van der Waals surface area contributed by atoms with Gasteiger partial charge in [-0.1, -0.05) is 0 Å². The van der Waals surface area contributed by atoms with Gasteiger partial charge in [0.25, 0.3) is 0 Å². The number of morpholine rings is 1. The Labute approximate surface area is 102 Å². The van der Waals surface area contributed by atoms with Crippen LogP contribution in [-0.4, -0.2) is 68.7 Å². The molecule has 1 atom stereocenters. The highest BCUT2D eigenvalue weighted by Gasteiger charge is 2.38. The first-order chi connectivity index (χ1) is 8.16. The van der Waals surface area contributed by atoms with Gasteiger partial charge in [0.2, 0.25) is 10.0 Å². The van der Waals surface area contributed by atoms with E-state index in [-0.39, 0.29) is 18.5 Å². The zero-order valence-corrected chi connectivity index (χ0v) is 10.6. The van der Waals surface area contributed by atoms with Crippen molar-refractivity contribution in [1.29, 1.82) is 0 Å². The van der Waals surface area contributed by atoms with Crippen LogP contribution in [-0.2, 0) is 19.5 Å². The fourth-order valence-corrected chi connectivity index (χ4v) is 4.33. The zero-order chi connectivity index (χ0) is 12.3. The summed E-state index contributed by atoms with van der Waals surface area (Å²) in [6.07, 6.45) is 1.08. The molecule has 2 aliphatic heterocycles. The maximum absolute atomic E-state index is 12.4. The number of aliphatic hydroxyl groups is 1. The number of rotatable bonds is 3. The molecular weight excluding hydrogens is 246 g/mol. The van der Waals surface area contributed by atoms with E-state index in [1.807, 2.05) is 0 Å². The second-order valence-corrected chi connectivity index (χ2v) is 6.54. The minimum Gasteiger partial charge on any atom is -0.395 e. The van der Waals surface area contributed by atoms with Gasteiger partial charge in [0.15, 0.2) is 0 Å². The molecule has 0 spiro atoms. The molecule has 0 aliphatic carbocycles. The van der Waals surface area contributed by atoms with Crippen LogP contribution in [0.4, 0.5) is 0 Å². The van der Waals surface area contributed by atoms with E-state index >= 15 is 0 Å². The quantitative estimate of drug-likeness (QED) is 0.722. The lowest BCUT2D eigenvalue weighted by Crippen LogP contribution is -2.53. The number of aliphatic hydroxyl groups excluding tert-OH is 1. The second kappa shape index (κ2) is 5.62. The van der Waals surface area contributed by atoms with Gasteiger partial charge in [-0.25, -0.2) is 8.42 Å². The molecule has 0 bridgehead atoms. The average molecular weight is 265 g/mol. The van der Waals surface area contributed by atoms with Crippen molar-refractivity contribution in [1.82, 2.24) is 4.31 Å². The van der Waals surface area contributed by atoms with Crippen LogP contribution in [0.1, 0.15) is 12.8 Å². The Hall–Kier alpha value is -0.210. The number of ether oxygens (including phenoxy) is 2. The minimum absolute atomic E-state index is 0.192. The molecule has 17 heavy (non-hydrogen) atoms. The number of hydrogen-bond donors (Lipinski definition) is 1. The molecule has 0 saturated carbocycles. The van der Waals surface area contributed by atoms with E-state index in [0.717, 1.165) is 0 Å². The number of nitrogens with zero attached hydrogens (tertiary/aromatic N) is 1. The Kier molecular flexibility index (Phi) is 4.37. The molecule has 1 unspecified atom stereocenters. The molecule has 0 aromatic rings. The molecular formula is C10H19NO5S. The predicted octanol–water partition coefficient (Wildman–Crippen LogP) is -0.812. The van der Waals surface area contributed by atoms with E-state index in [2.05, 4.69) is 0 Å². The number of sulfonamides is 1. The fraction of sp³-hybridized carbons (Fsp3) is 1.00. The molecule has 6 nitrogen and oxygen atoms in total. The van der Waals surface area contributed by atoms with Gasteiger partial charge in [0.05, 0.1) is 31.1 Å². The van der Waals surface area contributed by atoms with Gasteiger partial charge in [0.1, 0.15) is 0 Å². The first-order valence-corrected chi connectivity index (χ1v) is 7.43. The minimum atomic E-state index is -3.33. The molecule has 0 aromatic heterocycles. The normalized spacial score (nSPS) is 29.4. The van der Waals surface area contributed by atoms with Gasteiger partial charge in [0, 0.05) is 19.8 Å². The summed E-state index contributed by atoms with van der Waals surface area (Å²) >= 11 is 0. The molecule has 2 aliphatic rings. The van der Waals surface area contributed by atoms with E-state index in [0.29, 0.717) is 39.2 Å². The molecule has 2 fully saturated rings. The summed E-state index contributed by atoms with van der Waals surface area (Å²) in [7, 11) is -3.33. The maximum atomic E-state index is 12.4. The van der Waals surface area contributed by atoms with Gasteiger partial charge >= 0.3 is 0 Å². The van der Waals surface area contributed by atoms with Gasteiger partial charge in [-0.15, -0.1) is 0 Å². The van der Waals surface area contributed by atoms with Crippen molar-refractivity contribution >= 4 is 10.0 Å². The van der Waals surface area contributed by atoms with Crippen LogP contribution >= 0.6 is 0 Å².